The molecule has 2 atom stereocenters. The Balaban J connectivity index is 1.48. The quantitative estimate of drug-likeness (QED) is 0.405. The molecule has 0 amide bonds. The van der Waals surface area contributed by atoms with Crippen molar-refractivity contribution in [3.05, 3.63) is 108 Å². The molecule has 1 N–H and O–H groups in total. The highest BCUT2D eigenvalue weighted by Gasteiger charge is 2.32. The zero-order chi connectivity index (χ0) is 22.6. The number of imidazole rings is 1. The van der Waals surface area contributed by atoms with E-state index in [-0.39, 0.29) is 11.7 Å². The van der Waals surface area contributed by atoms with E-state index in [1.54, 1.807) is 30.6 Å². The number of ketones is 1. The molecule has 1 aromatic heterocycles. The summed E-state index contributed by atoms with van der Waals surface area (Å²) in [5.74, 6) is -0.711. The number of Topliss-reactive ketones (excluding diaryl/α,β-unsaturated/α-hetero) is 1. The van der Waals surface area contributed by atoms with E-state index in [1.807, 2.05) is 30.5 Å². The highest BCUT2D eigenvalue weighted by molar-refractivity contribution is 5.87. The topological polar surface area (TPSA) is 49.0 Å². The third-order valence-electron chi connectivity index (χ3n) is 6.40. The van der Waals surface area contributed by atoms with Crippen LogP contribution >= 0.6 is 0 Å². The molecule has 0 fully saturated rings. The lowest BCUT2D eigenvalue weighted by Crippen LogP contribution is -2.26. The van der Waals surface area contributed by atoms with Gasteiger partial charge in [-0.25, -0.2) is 9.37 Å². The SMILES string of the molecule is O=C(C1CCN(Cc2cnc[nH]2)c2ccc(-c3ccccc3)cc2C1)C(F)c1ccccc1. The molecule has 166 valence electrons. The average Bonchev–Trinajstić information content (AvgIpc) is 3.32. The molecule has 3 aromatic carbocycles. The van der Waals surface area contributed by atoms with Crippen LogP contribution in [0.2, 0.25) is 0 Å². The summed E-state index contributed by atoms with van der Waals surface area (Å²) in [6.07, 6.45) is 3.03. The Kier molecular flexibility index (Phi) is 6.03. The molecule has 5 heteroatoms. The molecule has 2 unspecified atom stereocenters. The summed E-state index contributed by atoms with van der Waals surface area (Å²) in [5, 5.41) is 0. The van der Waals surface area contributed by atoms with E-state index >= 15 is 4.39 Å². The Hall–Kier alpha value is -3.73. The summed E-state index contributed by atoms with van der Waals surface area (Å²) in [7, 11) is 0. The van der Waals surface area contributed by atoms with E-state index in [4.69, 9.17) is 0 Å². The van der Waals surface area contributed by atoms with Crippen molar-refractivity contribution in [3.63, 3.8) is 0 Å². The highest BCUT2D eigenvalue weighted by atomic mass is 19.1. The molecule has 1 aliphatic rings. The van der Waals surface area contributed by atoms with Gasteiger partial charge in [-0.3, -0.25) is 4.79 Å². The maximum Gasteiger partial charge on any atom is 0.183 e. The summed E-state index contributed by atoms with van der Waals surface area (Å²) in [5.41, 5.74) is 5.83. The van der Waals surface area contributed by atoms with Gasteiger partial charge in [0.1, 0.15) is 0 Å². The fourth-order valence-corrected chi connectivity index (χ4v) is 4.64. The molecule has 4 nitrogen and oxygen atoms in total. The molecular weight excluding hydrogens is 413 g/mol. The Bertz CT molecular complexity index is 1210. The van der Waals surface area contributed by atoms with Crippen molar-refractivity contribution in [3.8, 4) is 11.1 Å². The van der Waals surface area contributed by atoms with E-state index in [0.717, 1.165) is 28.1 Å². The highest BCUT2D eigenvalue weighted by Crippen LogP contribution is 2.36. The number of benzene rings is 3. The first kappa shape index (κ1) is 21.1. The second-order valence-corrected chi connectivity index (χ2v) is 8.57. The number of fused-ring (bicyclic) bond motifs is 1. The number of H-pyrrole nitrogens is 1. The Morgan fingerprint density at radius 2 is 1.79 bits per heavy atom. The maximum absolute atomic E-state index is 15.2. The molecule has 1 aliphatic heterocycles. The minimum atomic E-state index is -1.60. The largest absolute Gasteiger partial charge is 0.365 e. The van der Waals surface area contributed by atoms with Crippen LogP contribution in [0.1, 0.15) is 29.4 Å². The minimum absolute atomic E-state index is 0.333. The fourth-order valence-electron chi connectivity index (χ4n) is 4.64. The average molecular weight is 440 g/mol. The summed E-state index contributed by atoms with van der Waals surface area (Å²) in [6.45, 7) is 1.34. The Morgan fingerprint density at radius 3 is 2.52 bits per heavy atom. The summed E-state index contributed by atoms with van der Waals surface area (Å²) in [6, 6.07) is 25.4. The lowest BCUT2D eigenvalue weighted by molar-refractivity contribution is -0.128. The second kappa shape index (κ2) is 9.41. The standard InChI is InChI=1S/C28H26FN3O/c29-27(21-9-5-2-6-10-21)28(33)23-13-14-32(18-25-17-30-19-31-25)26-12-11-22(15-24(26)16-23)20-7-3-1-4-8-20/h1-12,15,17,19,23,27H,13-14,16,18H2,(H,30,31). The number of carbonyl (C=O) groups excluding carboxylic acids is 1. The number of nitrogens with zero attached hydrogens (tertiary/aromatic N) is 2. The van der Waals surface area contributed by atoms with Crippen molar-refractivity contribution < 1.29 is 9.18 Å². The van der Waals surface area contributed by atoms with Crippen LogP contribution in [0.4, 0.5) is 10.1 Å². The first-order valence-electron chi connectivity index (χ1n) is 11.3. The molecular formula is C28H26FN3O. The summed E-state index contributed by atoms with van der Waals surface area (Å²) in [4.78, 5) is 22.8. The van der Waals surface area contributed by atoms with E-state index in [1.165, 1.54) is 0 Å². The van der Waals surface area contributed by atoms with Crippen molar-refractivity contribution in [2.24, 2.45) is 5.92 Å². The van der Waals surface area contributed by atoms with Crippen LogP contribution in [-0.2, 0) is 17.8 Å². The number of aromatic nitrogens is 2. The van der Waals surface area contributed by atoms with E-state index in [2.05, 4.69) is 45.2 Å². The predicted octanol–water partition coefficient (Wildman–Crippen LogP) is 5.93. The zero-order valence-electron chi connectivity index (χ0n) is 18.3. The van der Waals surface area contributed by atoms with Crippen LogP contribution in [0.15, 0.2) is 91.4 Å². The molecule has 2 heterocycles. The van der Waals surface area contributed by atoms with Gasteiger partial charge in [0.15, 0.2) is 12.0 Å². The number of hydrogen-bond acceptors (Lipinski definition) is 3. The monoisotopic (exact) mass is 439 g/mol. The molecule has 5 rings (SSSR count). The summed E-state index contributed by atoms with van der Waals surface area (Å²) < 4.78 is 15.2. The fraction of sp³-hybridized carbons (Fsp3) is 0.214. The lowest BCUT2D eigenvalue weighted by Gasteiger charge is -2.25. The number of anilines is 1. The second-order valence-electron chi connectivity index (χ2n) is 8.57. The van der Waals surface area contributed by atoms with Gasteiger partial charge >= 0.3 is 0 Å². The van der Waals surface area contributed by atoms with Gasteiger partial charge < -0.3 is 9.88 Å². The van der Waals surface area contributed by atoms with E-state index in [9.17, 15) is 4.79 Å². The maximum atomic E-state index is 15.2. The van der Waals surface area contributed by atoms with Crippen molar-refractivity contribution in [1.29, 1.82) is 0 Å². The summed E-state index contributed by atoms with van der Waals surface area (Å²) >= 11 is 0. The predicted molar refractivity (Wildman–Crippen MR) is 129 cm³/mol. The molecule has 0 saturated heterocycles. The molecule has 33 heavy (non-hydrogen) atoms. The number of nitrogens with one attached hydrogen (secondary N) is 1. The van der Waals surface area contributed by atoms with Crippen molar-refractivity contribution in [2.45, 2.75) is 25.6 Å². The number of rotatable bonds is 6. The number of alkyl halides is 1. The molecule has 0 aliphatic carbocycles. The normalized spacial score (nSPS) is 16.6. The van der Waals surface area contributed by atoms with Crippen molar-refractivity contribution >= 4 is 11.5 Å². The number of carbonyl (C=O) groups is 1. The Morgan fingerprint density at radius 1 is 1.03 bits per heavy atom. The first-order valence-corrected chi connectivity index (χ1v) is 11.3. The number of aromatic amines is 1. The molecule has 0 radical (unpaired) electrons. The number of halogens is 1. The van der Waals surface area contributed by atoms with Crippen LogP contribution in [-0.4, -0.2) is 22.3 Å². The van der Waals surface area contributed by atoms with Gasteiger partial charge in [-0.1, -0.05) is 66.7 Å². The van der Waals surface area contributed by atoms with Crippen LogP contribution in [0.3, 0.4) is 0 Å². The van der Waals surface area contributed by atoms with Crippen LogP contribution < -0.4 is 4.90 Å². The molecule has 0 saturated carbocycles. The van der Waals surface area contributed by atoms with Crippen molar-refractivity contribution in [1.82, 2.24) is 9.97 Å². The molecule has 0 spiro atoms. The molecule has 0 bridgehead atoms. The third kappa shape index (κ3) is 4.58. The van der Waals surface area contributed by atoms with Gasteiger partial charge in [0.2, 0.25) is 0 Å². The third-order valence-corrected chi connectivity index (χ3v) is 6.40. The van der Waals surface area contributed by atoms with Gasteiger partial charge in [-0.05, 0) is 47.2 Å². The van der Waals surface area contributed by atoms with Gasteiger partial charge in [0.05, 0.1) is 18.6 Å². The van der Waals surface area contributed by atoms with Gasteiger partial charge in [0.25, 0.3) is 0 Å². The minimum Gasteiger partial charge on any atom is -0.365 e. The smallest absolute Gasteiger partial charge is 0.183 e. The van der Waals surface area contributed by atoms with Crippen molar-refractivity contribution in [2.75, 3.05) is 11.4 Å². The van der Waals surface area contributed by atoms with Gasteiger partial charge in [0, 0.05) is 24.3 Å². The van der Waals surface area contributed by atoms with Gasteiger partial charge in [-0.2, -0.15) is 0 Å². The first-order chi connectivity index (χ1) is 16.2. The van der Waals surface area contributed by atoms with Gasteiger partial charge in [-0.15, -0.1) is 0 Å². The van der Waals surface area contributed by atoms with E-state index in [0.29, 0.717) is 31.5 Å². The van der Waals surface area contributed by atoms with Crippen LogP contribution in [0.5, 0.6) is 0 Å². The number of hydrogen-bond donors (Lipinski definition) is 1. The lowest BCUT2D eigenvalue weighted by atomic mass is 9.88. The van der Waals surface area contributed by atoms with Crippen LogP contribution in [0, 0.1) is 5.92 Å². The van der Waals surface area contributed by atoms with Crippen LogP contribution in [0.25, 0.3) is 11.1 Å². The Labute approximate surface area is 193 Å². The van der Waals surface area contributed by atoms with E-state index < -0.39 is 6.17 Å². The zero-order valence-corrected chi connectivity index (χ0v) is 18.3. The molecule has 4 aromatic rings.